The van der Waals surface area contributed by atoms with E-state index in [1.165, 1.54) is 11.3 Å². The molecular formula is C11H9ClN2O2. The van der Waals surface area contributed by atoms with Crippen LogP contribution in [-0.4, -0.2) is 15.2 Å². The van der Waals surface area contributed by atoms with Crippen molar-refractivity contribution in [2.24, 2.45) is 0 Å². The topological polar surface area (TPSA) is 51.4 Å². The number of fused-ring (bicyclic) bond motifs is 1. The lowest BCUT2D eigenvalue weighted by Gasteiger charge is -2.04. The molecular weight excluding hydrogens is 228 g/mol. The van der Waals surface area contributed by atoms with Crippen molar-refractivity contribution < 1.29 is 4.79 Å². The minimum Gasteiger partial charge on any atom is -0.294 e. The second-order valence-electron chi connectivity index (χ2n) is 3.57. The van der Waals surface area contributed by atoms with Gasteiger partial charge in [0.15, 0.2) is 5.78 Å². The fraction of sp³-hybridized carbons (Fsp3) is 0.182. The molecule has 0 N–H and O–H groups in total. The van der Waals surface area contributed by atoms with E-state index in [2.05, 4.69) is 4.98 Å². The second kappa shape index (κ2) is 3.72. The van der Waals surface area contributed by atoms with Gasteiger partial charge in [0.2, 0.25) is 0 Å². The molecule has 0 aliphatic heterocycles. The number of aromatic nitrogens is 2. The van der Waals surface area contributed by atoms with Gasteiger partial charge in [0.1, 0.15) is 16.4 Å². The summed E-state index contributed by atoms with van der Waals surface area (Å²) in [6.45, 7) is 3.18. The highest BCUT2D eigenvalue weighted by atomic mass is 35.5. The first-order valence-corrected chi connectivity index (χ1v) is 5.08. The van der Waals surface area contributed by atoms with Gasteiger partial charge in [-0.25, -0.2) is 4.98 Å². The summed E-state index contributed by atoms with van der Waals surface area (Å²) < 4.78 is 1.32. The number of hydrogen-bond donors (Lipinski definition) is 0. The summed E-state index contributed by atoms with van der Waals surface area (Å²) in [6, 6.07) is 3.51. The molecule has 0 unspecified atom stereocenters. The molecule has 0 bridgehead atoms. The van der Waals surface area contributed by atoms with Gasteiger partial charge >= 0.3 is 0 Å². The van der Waals surface area contributed by atoms with E-state index < -0.39 is 5.56 Å². The van der Waals surface area contributed by atoms with Crippen molar-refractivity contribution >= 4 is 23.0 Å². The molecule has 0 saturated carbocycles. The maximum atomic E-state index is 11.9. The summed E-state index contributed by atoms with van der Waals surface area (Å²) in [5, 5.41) is -0.0388. The Balaban J connectivity index is 2.95. The van der Waals surface area contributed by atoms with Crippen LogP contribution in [0.2, 0.25) is 5.15 Å². The van der Waals surface area contributed by atoms with Crippen LogP contribution < -0.4 is 5.56 Å². The maximum absolute atomic E-state index is 11.9. The number of rotatable bonds is 1. The smallest absolute Gasteiger partial charge is 0.270 e. The molecule has 2 heterocycles. The molecule has 0 aliphatic rings. The number of pyridine rings is 1. The third-order valence-corrected chi connectivity index (χ3v) is 2.57. The van der Waals surface area contributed by atoms with Crippen molar-refractivity contribution in [1.29, 1.82) is 0 Å². The first-order valence-electron chi connectivity index (χ1n) is 4.70. The Labute approximate surface area is 96.5 Å². The summed E-state index contributed by atoms with van der Waals surface area (Å²) in [5.41, 5.74) is 0.920. The van der Waals surface area contributed by atoms with E-state index in [0.717, 1.165) is 5.56 Å². The molecule has 5 heteroatoms. The molecule has 0 atom stereocenters. The quantitative estimate of drug-likeness (QED) is 0.561. The molecule has 2 aromatic heterocycles. The summed E-state index contributed by atoms with van der Waals surface area (Å²) >= 11 is 5.81. The van der Waals surface area contributed by atoms with E-state index in [1.54, 1.807) is 18.3 Å². The lowest BCUT2D eigenvalue weighted by Crippen LogP contribution is -2.22. The second-order valence-corrected chi connectivity index (χ2v) is 3.93. The maximum Gasteiger partial charge on any atom is 0.270 e. The average molecular weight is 237 g/mol. The Morgan fingerprint density at radius 2 is 2.19 bits per heavy atom. The van der Waals surface area contributed by atoms with E-state index >= 15 is 0 Å². The van der Waals surface area contributed by atoms with Crippen LogP contribution in [0.15, 0.2) is 23.1 Å². The molecule has 0 radical (unpaired) electrons. The molecule has 0 spiro atoms. The van der Waals surface area contributed by atoms with Crippen LogP contribution in [-0.2, 0) is 0 Å². The van der Waals surface area contributed by atoms with Crippen LogP contribution in [0.5, 0.6) is 0 Å². The molecule has 82 valence electrons. The fourth-order valence-corrected chi connectivity index (χ4v) is 1.81. The first kappa shape index (κ1) is 10.8. The van der Waals surface area contributed by atoms with Gasteiger partial charge in [0.25, 0.3) is 5.56 Å². The molecule has 2 aromatic rings. The number of halogens is 1. The average Bonchev–Trinajstić information content (AvgIpc) is 2.15. The number of nitrogens with zero attached hydrogens (tertiary/aromatic N) is 2. The predicted octanol–water partition coefficient (Wildman–Crippen LogP) is 1.86. The number of ketones is 1. The molecule has 0 aliphatic carbocycles. The van der Waals surface area contributed by atoms with E-state index in [0.29, 0.717) is 5.65 Å². The van der Waals surface area contributed by atoms with Crippen LogP contribution in [0.4, 0.5) is 0 Å². The number of hydrogen-bond acceptors (Lipinski definition) is 3. The monoisotopic (exact) mass is 236 g/mol. The Hall–Kier alpha value is -1.68. The predicted molar refractivity (Wildman–Crippen MR) is 61.2 cm³/mol. The number of carbonyl (C=O) groups excluding carboxylic acids is 1. The van der Waals surface area contributed by atoms with Crippen molar-refractivity contribution in [1.82, 2.24) is 9.38 Å². The Morgan fingerprint density at radius 1 is 1.50 bits per heavy atom. The molecule has 16 heavy (non-hydrogen) atoms. The number of carbonyl (C=O) groups is 1. The van der Waals surface area contributed by atoms with E-state index in [9.17, 15) is 9.59 Å². The Morgan fingerprint density at radius 3 is 2.81 bits per heavy atom. The van der Waals surface area contributed by atoms with E-state index in [4.69, 9.17) is 11.6 Å². The summed E-state index contributed by atoms with van der Waals surface area (Å²) in [4.78, 5) is 27.2. The third-order valence-electron chi connectivity index (χ3n) is 2.29. The molecule has 0 amide bonds. The largest absolute Gasteiger partial charge is 0.294 e. The van der Waals surface area contributed by atoms with Gasteiger partial charge in [-0.05, 0) is 31.5 Å². The normalized spacial score (nSPS) is 10.7. The van der Waals surface area contributed by atoms with Crippen LogP contribution >= 0.6 is 11.6 Å². The minimum atomic E-state index is -0.428. The zero-order valence-electron chi connectivity index (χ0n) is 8.82. The van der Waals surface area contributed by atoms with Gasteiger partial charge in [-0.1, -0.05) is 11.6 Å². The molecule has 0 aromatic carbocycles. The number of Topliss-reactive ketones (excluding diaryl/α,β-unsaturated/α-hetero) is 1. The zero-order valence-corrected chi connectivity index (χ0v) is 9.58. The SMILES string of the molecule is CC(=O)c1c(Cl)nc2cc(C)ccn2c1=O. The van der Waals surface area contributed by atoms with Crippen molar-refractivity contribution in [2.75, 3.05) is 0 Å². The van der Waals surface area contributed by atoms with E-state index in [-0.39, 0.29) is 16.5 Å². The summed E-state index contributed by atoms with van der Waals surface area (Å²) in [6.07, 6.45) is 1.59. The van der Waals surface area contributed by atoms with Gasteiger partial charge in [-0.3, -0.25) is 14.0 Å². The van der Waals surface area contributed by atoms with Crippen LogP contribution in [0.25, 0.3) is 5.65 Å². The molecule has 0 saturated heterocycles. The Bertz CT molecular complexity index is 646. The molecule has 4 nitrogen and oxygen atoms in total. The highest BCUT2D eigenvalue weighted by molar-refractivity contribution is 6.32. The lowest BCUT2D eigenvalue weighted by atomic mass is 10.2. The molecule has 0 fully saturated rings. The van der Waals surface area contributed by atoms with Crippen molar-refractivity contribution in [2.45, 2.75) is 13.8 Å². The van der Waals surface area contributed by atoms with Gasteiger partial charge in [0, 0.05) is 6.20 Å². The first-order chi connectivity index (χ1) is 7.50. The van der Waals surface area contributed by atoms with E-state index in [1.807, 2.05) is 6.92 Å². The van der Waals surface area contributed by atoms with Crippen LogP contribution in [0.3, 0.4) is 0 Å². The standard InChI is InChI=1S/C11H9ClN2O2/c1-6-3-4-14-8(5-6)13-10(12)9(7(2)15)11(14)16/h3-5H,1-2H3. The lowest BCUT2D eigenvalue weighted by molar-refractivity contribution is 0.101. The highest BCUT2D eigenvalue weighted by Gasteiger charge is 2.14. The highest BCUT2D eigenvalue weighted by Crippen LogP contribution is 2.12. The van der Waals surface area contributed by atoms with Gasteiger partial charge in [-0.2, -0.15) is 0 Å². The zero-order chi connectivity index (χ0) is 11.9. The van der Waals surface area contributed by atoms with Gasteiger partial charge in [0.05, 0.1) is 0 Å². The molecule has 2 rings (SSSR count). The van der Waals surface area contributed by atoms with Gasteiger partial charge < -0.3 is 0 Å². The van der Waals surface area contributed by atoms with Crippen molar-refractivity contribution in [3.05, 3.63) is 45.0 Å². The van der Waals surface area contributed by atoms with Crippen molar-refractivity contribution in [3.8, 4) is 0 Å². The van der Waals surface area contributed by atoms with Crippen LogP contribution in [0.1, 0.15) is 22.8 Å². The van der Waals surface area contributed by atoms with Crippen LogP contribution in [0, 0.1) is 6.92 Å². The summed E-state index contributed by atoms with van der Waals surface area (Å²) in [5.74, 6) is -0.377. The fourth-order valence-electron chi connectivity index (χ4n) is 1.51. The van der Waals surface area contributed by atoms with Gasteiger partial charge in [-0.15, -0.1) is 0 Å². The minimum absolute atomic E-state index is 0.0388. The van der Waals surface area contributed by atoms with Crippen molar-refractivity contribution in [3.63, 3.8) is 0 Å². The third kappa shape index (κ3) is 1.61. The summed E-state index contributed by atoms with van der Waals surface area (Å²) in [7, 11) is 0. The number of aryl methyl sites for hydroxylation is 1. The Kier molecular flexibility index (Phi) is 2.52.